The summed E-state index contributed by atoms with van der Waals surface area (Å²) in [5.74, 6) is -0.361. The molecule has 6 nitrogen and oxygen atoms in total. The summed E-state index contributed by atoms with van der Waals surface area (Å²) in [7, 11) is 0. The van der Waals surface area contributed by atoms with Gasteiger partial charge in [-0.25, -0.2) is 14.4 Å². The van der Waals surface area contributed by atoms with Crippen LogP contribution in [-0.4, -0.2) is 44.1 Å². The number of hydrogen-bond donors (Lipinski definition) is 1. The van der Waals surface area contributed by atoms with Crippen LogP contribution in [0.5, 0.6) is 0 Å². The number of benzene rings is 2. The molecule has 0 aliphatic carbocycles. The van der Waals surface area contributed by atoms with Crippen molar-refractivity contribution in [3.63, 3.8) is 0 Å². The van der Waals surface area contributed by atoms with Gasteiger partial charge in [-0.15, -0.1) is 0 Å². The third-order valence-corrected chi connectivity index (χ3v) is 6.21. The zero-order valence-electron chi connectivity index (χ0n) is 17.6. The molecule has 0 radical (unpaired) electrons. The molecule has 1 fully saturated rings. The number of piperidine rings is 1. The molecule has 0 spiro atoms. The average Bonchev–Trinajstić information content (AvgIpc) is 3.28. The highest BCUT2D eigenvalue weighted by molar-refractivity contribution is 5.84. The van der Waals surface area contributed by atoms with Gasteiger partial charge in [-0.05, 0) is 42.5 Å². The van der Waals surface area contributed by atoms with E-state index in [1.54, 1.807) is 24.5 Å². The molecule has 1 N–H and O–H groups in total. The molecule has 0 unspecified atom stereocenters. The van der Waals surface area contributed by atoms with Crippen LogP contribution in [0.1, 0.15) is 41.5 Å². The maximum atomic E-state index is 13.7. The smallest absolute Gasteiger partial charge is 0.230 e. The summed E-state index contributed by atoms with van der Waals surface area (Å²) in [6.07, 6.45) is 5.70. The first kappa shape index (κ1) is 20.3. The molecule has 0 bridgehead atoms. The standard InChI is InChI=1S/C25H24FN5O/c26-20-10-8-17(9-11-20)15-21(18-5-2-1-3-6-18)25(32)31-14-4-7-19(16-31)22-23-24(30-29-22)28-13-12-27-23/h1-3,5-6,8-13,19,21H,4,7,14-16H2,(H,28,29,30)/t19-,21+/m0/s1. The van der Waals surface area contributed by atoms with Crippen LogP contribution in [-0.2, 0) is 11.2 Å². The van der Waals surface area contributed by atoms with Gasteiger partial charge in [0, 0.05) is 31.4 Å². The van der Waals surface area contributed by atoms with Gasteiger partial charge in [0.25, 0.3) is 0 Å². The Bertz CT molecular complexity index is 1210. The van der Waals surface area contributed by atoms with Crippen LogP contribution in [0.25, 0.3) is 11.2 Å². The average molecular weight is 429 g/mol. The number of aromatic nitrogens is 4. The molecule has 2 aromatic heterocycles. The van der Waals surface area contributed by atoms with Crippen molar-refractivity contribution in [1.82, 2.24) is 25.1 Å². The first-order chi connectivity index (χ1) is 15.7. The second-order valence-electron chi connectivity index (χ2n) is 8.28. The lowest BCUT2D eigenvalue weighted by Crippen LogP contribution is -2.42. The van der Waals surface area contributed by atoms with Crippen LogP contribution in [0.3, 0.4) is 0 Å². The Morgan fingerprint density at radius 2 is 1.88 bits per heavy atom. The number of aromatic amines is 1. The highest BCUT2D eigenvalue weighted by Gasteiger charge is 2.32. The maximum Gasteiger partial charge on any atom is 0.230 e. The first-order valence-corrected chi connectivity index (χ1v) is 10.9. The molecule has 7 heteroatoms. The highest BCUT2D eigenvalue weighted by atomic mass is 19.1. The number of hydrogen-bond acceptors (Lipinski definition) is 4. The van der Waals surface area contributed by atoms with E-state index >= 15 is 0 Å². The predicted molar refractivity (Wildman–Crippen MR) is 120 cm³/mol. The van der Waals surface area contributed by atoms with Crippen molar-refractivity contribution >= 4 is 17.1 Å². The number of nitrogens with zero attached hydrogens (tertiary/aromatic N) is 4. The van der Waals surface area contributed by atoms with E-state index in [0.29, 0.717) is 18.6 Å². The summed E-state index contributed by atoms with van der Waals surface area (Å²) in [6.45, 7) is 1.33. The number of rotatable bonds is 5. The minimum Gasteiger partial charge on any atom is -0.341 e. The molecule has 162 valence electrons. The lowest BCUT2D eigenvalue weighted by Gasteiger charge is -2.35. The molecule has 1 saturated heterocycles. The second kappa shape index (κ2) is 8.86. The van der Waals surface area contributed by atoms with Crippen LogP contribution >= 0.6 is 0 Å². The number of halogens is 1. The summed E-state index contributed by atoms with van der Waals surface area (Å²) in [5.41, 5.74) is 4.24. The van der Waals surface area contributed by atoms with Gasteiger partial charge < -0.3 is 4.90 Å². The normalized spacial score (nSPS) is 17.4. The van der Waals surface area contributed by atoms with E-state index in [4.69, 9.17) is 0 Å². The van der Waals surface area contributed by atoms with Crippen LogP contribution in [0.15, 0.2) is 67.0 Å². The Morgan fingerprint density at radius 3 is 2.69 bits per heavy atom. The van der Waals surface area contributed by atoms with E-state index < -0.39 is 0 Å². The van der Waals surface area contributed by atoms with Crippen molar-refractivity contribution in [3.8, 4) is 0 Å². The van der Waals surface area contributed by atoms with Crippen molar-refractivity contribution in [1.29, 1.82) is 0 Å². The topological polar surface area (TPSA) is 74.8 Å². The summed E-state index contributed by atoms with van der Waals surface area (Å²) in [5, 5.41) is 7.38. The maximum absolute atomic E-state index is 13.7. The van der Waals surface area contributed by atoms with Crippen LogP contribution in [0.2, 0.25) is 0 Å². The van der Waals surface area contributed by atoms with E-state index in [1.165, 1.54) is 12.1 Å². The van der Waals surface area contributed by atoms with Gasteiger partial charge in [-0.3, -0.25) is 9.89 Å². The molecule has 32 heavy (non-hydrogen) atoms. The lowest BCUT2D eigenvalue weighted by atomic mass is 9.88. The van der Waals surface area contributed by atoms with Gasteiger partial charge in [0.15, 0.2) is 5.65 Å². The zero-order valence-corrected chi connectivity index (χ0v) is 17.6. The summed E-state index contributed by atoms with van der Waals surface area (Å²) in [6, 6.07) is 16.2. The third kappa shape index (κ3) is 4.10. The van der Waals surface area contributed by atoms with Crippen molar-refractivity contribution in [2.45, 2.75) is 31.1 Å². The lowest BCUT2D eigenvalue weighted by molar-refractivity contribution is -0.134. The fraction of sp³-hybridized carbons (Fsp3) is 0.280. The van der Waals surface area contributed by atoms with E-state index in [9.17, 15) is 9.18 Å². The minimum atomic E-state index is -0.321. The first-order valence-electron chi connectivity index (χ1n) is 10.9. The minimum absolute atomic E-state index is 0.0973. The summed E-state index contributed by atoms with van der Waals surface area (Å²) < 4.78 is 13.4. The number of likely N-dealkylation sites (tertiary alicyclic amines) is 1. The number of fused-ring (bicyclic) bond motifs is 1. The Hall–Kier alpha value is -3.61. The van der Waals surface area contributed by atoms with Gasteiger partial charge in [-0.1, -0.05) is 42.5 Å². The SMILES string of the molecule is O=C([C@H](Cc1ccc(F)cc1)c1ccccc1)N1CCC[C@H](c2[nH]nc3nccnc23)C1. The fourth-order valence-electron chi connectivity index (χ4n) is 4.58. The van der Waals surface area contributed by atoms with E-state index in [-0.39, 0.29) is 23.6 Å². The number of nitrogens with one attached hydrogen (secondary N) is 1. The summed E-state index contributed by atoms with van der Waals surface area (Å²) in [4.78, 5) is 24.4. The molecule has 1 amide bonds. The van der Waals surface area contributed by atoms with E-state index in [1.807, 2.05) is 35.2 Å². The molecule has 3 heterocycles. The molecule has 5 rings (SSSR count). The Morgan fingerprint density at radius 1 is 1.09 bits per heavy atom. The highest BCUT2D eigenvalue weighted by Crippen LogP contribution is 2.32. The second-order valence-corrected chi connectivity index (χ2v) is 8.28. The molecule has 2 aromatic carbocycles. The largest absolute Gasteiger partial charge is 0.341 e. The molecular formula is C25H24FN5O. The Kier molecular flexibility index (Phi) is 5.62. The quantitative estimate of drug-likeness (QED) is 0.515. The van der Waals surface area contributed by atoms with Gasteiger partial charge in [0.1, 0.15) is 11.3 Å². The molecule has 2 atom stereocenters. The van der Waals surface area contributed by atoms with Crippen molar-refractivity contribution in [3.05, 3.63) is 89.6 Å². The van der Waals surface area contributed by atoms with Gasteiger partial charge in [-0.2, -0.15) is 5.10 Å². The molecule has 1 aliphatic heterocycles. The van der Waals surface area contributed by atoms with Crippen LogP contribution < -0.4 is 0 Å². The van der Waals surface area contributed by atoms with E-state index in [0.717, 1.165) is 41.7 Å². The van der Waals surface area contributed by atoms with Crippen molar-refractivity contribution in [2.24, 2.45) is 0 Å². The fourth-order valence-corrected chi connectivity index (χ4v) is 4.58. The van der Waals surface area contributed by atoms with Gasteiger partial charge in [0.2, 0.25) is 5.91 Å². The van der Waals surface area contributed by atoms with Crippen LogP contribution in [0, 0.1) is 5.82 Å². The number of amides is 1. The Labute approximate surface area is 185 Å². The number of carbonyl (C=O) groups excluding carboxylic acids is 1. The number of H-pyrrole nitrogens is 1. The zero-order chi connectivity index (χ0) is 21.9. The van der Waals surface area contributed by atoms with Gasteiger partial charge >= 0.3 is 0 Å². The predicted octanol–water partition coefficient (Wildman–Crippen LogP) is 4.22. The van der Waals surface area contributed by atoms with Gasteiger partial charge in [0.05, 0.1) is 11.6 Å². The monoisotopic (exact) mass is 429 g/mol. The number of carbonyl (C=O) groups is 1. The van der Waals surface area contributed by atoms with Crippen LogP contribution in [0.4, 0.5) is 4.39 Å². The Balaban J connectivity index is 1.40. The van der Waals surface area contributed by atoms with Crippen molar-refractivity contribution in [2.75, 3.05) is 13.1 Å². The molecular weight excluding hydrogens is 405 g/mol. The molecule has 4 aromatic rings. The molecule has 0 saturated carbocycles. The summed E-state index contributed by atoms with van der Waals surface area (Å²) >= 11 is 0. The molecule has 1 aliphatic rings. The van der Waals surface area contributed by atoms with E-state index in [2.05, 4.69) is 20.2 Å². The third-order valence-electron chi connectivity index (χ3n) is 6.21. The van der Waals surface area contributed by atoms with Crippen molar-refractivity contribution < 1.29 is 9.18 Å².